The van der Waals surface area contributed by atoms with Gasteiger partial charge >= 0.3 is 0 Å². The van der Waals surface area contributed by atoms with Gasteiger partial charge in [-0.15, -0.1) is 0 Å². The molecule has 1 aromatic rings. The maximum Gasteiger partial charge on any atom is 0.258 e. The Bertz CT molecular complexity index is 708. The number of amides is 1. The van der Waals surface area contributed by atoms with E-state index < -0.39 is 10.0 Å². The van der Waals surface area contributed by atoms with E-state index in [1.165, 1.54) is 6.20 Å². The van der Waals surface area contributed by atoms with Crippen LogP contribution in [0.1, 0.15) is 37.9 Å². The minimum atomic E-state index is -3.60. The number of nitrogens with one attached hydrogen (secondary N) is 2. The van der Waals surface area contributed by atoms with Crippen molar-refractivity contribution in [2.24, 2.45) is 5.92 Å². The normalized spacial score (nSPS) is 28.5. The monoisotopic (exact) mass is 324 g/mol. The Morgan fingerprint density at radius 2 is 2.09 bits per heavy atom. The molecule has 1 saturated carbocycles. The van der Waals surface area contributed by atoms with E-state index in [1.54, 1.807) is 4.57 Å². The molecule has 2 N–H and O–H groups in total. The van der Waals surface area contributed by atoms with E-state index in [4.69, 9.17) is 0 Å². The maximum absolute atomic E-state index is 12.7. The van der Waals surface area contributed by atoms with Crippen molar-refractivity contribution in [3.05, 3.63) is 12.0 Å². The summed E-state index contributed by atoms with van der Waals surface area (Å²) in [5.41, 5.74) is 0. The highest BCUT2D eigenvalue weighted by Gasteiger charge is 2.42. The summed E-state index contributed by atoms with van der Waals surface area (Å²) in [5.74, 6) is 1.28. The molecule has 2 atom stereocenters. The van der Waals surface area contributed by atoms with Crippen molar-refractivity contribution in [3.63, 3.8) is 0 Å². The fourth-order valence-electron chi connectivity index (χ4n) is 3.56. The molecular formula is C14H20N4O3S. The Morgan fingerprint density at radius 1 is 1.27 bits per heavy atom. The fourth-order valence-corrected chi connectivity index (χ4v) is 5.03. The summed E-state index contributed by atoms with van der Waals surface area (Å²) >= 11 is 0. The molecule has 1 aliphatic carbocycles. The third-order valence-electron chi connectivity index (χ3n) is 4.84. The number of piperidine rings is 1. The van der Waals surface area contributed by atoms with Gasteiger partial charge in [-0.1, -0.05) is 0 Å². The summed E-state index contributed by atoms with van der Waals surface area (Å²) in [6.07, 6.45) is 6.28. The van der Waals surface area contributed by atoms with Crippen molar-refractivity contribution < 1.29 is 13.2 Å². The minimum absolute atomic E-state index is 0.0255. The first-order chi connectivity index (χ1) is 10.5. The lowest BCUT2D eigenvalue weighted by atomic mass is 9.95. The van der Waals surface area contributed by atoms with Crippen LogP contribution < -0.4 is 10.0 Å². The van der Waals surface area contributed by atoms with Gasteiger partial charge in [-0.05, 0) is 31.6 Å². The predicted molar refractivity (Wildman–Crippen MR) is 78.5 cm³/mol. The van der Waals surface area contributed by atoms with Crippen molar-refractivity contribution in [2.45, 2.75) is 62.2 Å². The number of imidazole rings is 1. The van der Waals surface area contributed by atoms with Crippen LogP contribution in [0.4, 0.5) is 0 Å². The first kappa shape index (κ1) is 14.2. The van der Waals surface area contributed by atoms with E-state index in [1.807, 2.05) is 0 Å². The van der Waals surface area contributed by atoms with Crippen LogP contribution in [0.5, 0.6) is 0 Å². The molecular weight excluding hydrogens is 304 g/mol. The molecule has 120 valence electrons. The molecule has 1 aromatic heterocycles. The predicted octanol–water partition coefficient (Wildman–Crippen LogP) is 0.165. The summed E-state index contributed by atoms with van der Waals surface area (Å²) in [6.45, 7) is 0.707. The second-order valence-electron chi connectivity index (χ2n) is 6.47. The molecule has 1 amide bonds. The highest BCUT2D eigenvalue weighted by atomic mass is 32.2. The summed E-state index contributed by atoms with van der Waals surface area (Å²) in [5, 5.41) is 3.22. The van der Waals surface area contributed by atoms with E-state index in [-0.39, 0.29) is 23.0 Å². The quantitative estimate of drug-likeness (QED) is 0.825. The van der Waals surface area contributed by atoms with Gasteiger partial charge < -0.3 is 9.88 Å². The number of rotatable bonds is 4. The van der Waals surface area contributed by atoms with E-state index >= 15 is 0 Å². The smallest absolute Gasteiger partial charge is 0.258 e. The van der Waals surface area contributed by atoms with Crippen molar-refractivity contribution in [3.8, 4) is 0 Å². The molecule has 8 heteroatoms. The molecule has 22 heavy (non-hydrogen) atoms. The van der Waals surface area contributed by atoms with Crippen LogP contribution in [0.3, 0.4) is 0 Å². The molecule has 0 aromatic carbocycles. The molecule has 0 bridgehead atoms. The molecule has 0 unspecified atom stereocenters. The van der Waals surface area contributed by atoms with Gasteiger partial charge in [-0.3, -0.25) is 4.79 Å². The van der Waals surface area contributed by atoms with E-state index in [9.17, 15) is 13.2 Å². The lowest BCUT2D eigenvalue weighted by Crippen LogP contribution is -2.56. The standard InChI is InChI=1S/C14H20N4O3S/c19-12-6-5-10(14(16-12)9-3-4-9)17-22(20,21)13-8-15-11-2-1-7-18(11)13/h8-10,14,17H,1-7H2,(H,16,19)/t10-,14+/m1/s1. The fraction of sp³-hybridized carbons (Fsp3) is 0.714. The number of carbonyl (C=O) groups is 1. The van der Waals surface area contributed by atoms with E-state index in [0.717, 1.165) is 31.5 Å². The number of aryl methyl sites for hydroxylation is 1. The Kier molecular flexibility index (Phi) is 3.26. The third kappa shape index (κ3) is 2.44. The van der Waals surface area contributed by atoms with Crippen LogP contribution in [-0.4, -0.2) is 36.0 Å². The van der Waals surface area contributed by atoms with E-state index in [2.05, 4.69) is 15.0 Å². The molecule has 0 radical (unpaired) electrons. The van der Waals surface area contributed by atoms with Crippen LogP contribution in [-0.2, 0) is 27.8 Å². The summed E-state index contributed by atoms with van der Waals surface area (Å²) < 4.78 is 30.0. The molecule has 3 heterocycles. The van der Waals surface area contributed by atoms with Crippen molar-refractivity contribution in [1.29, 1.82) is 0 Å². The zero-order valence-electron chi connectivity index (χ0n) is 12.3. The minimum Gasteiger partial charge on any atom is -0.351 e. The number of hydrogen-bond acceptors (Lipinski definition) is 4. The van der Waals surface area contributed by atoms with E-state index in [0.29, 0.717) is 25.3 Å². The van der Waals surface area contributed by atoms with Gasteiger partial charge in [0.05, 0.1) is 6.20 Å². The molecule has 2 aliphatic heterocycles. The molecule has 2 fully saturated rings. The topological polar surface area (TPSA) is 93.1 Å². The van der Waals surface area contributed by atoms with Gasteiger partial charge in [-0.25, -0.2) is 18.1 Å². The first-order valence-electron chi connectivity index (χ1n) is 7.91. The molecule has 3 aliphatic rings. The summed E-state index contributed by atoms with van der Waals surface area (Å²) in [7, 11) is -3.60. The number of fused-ring (bicyclic) bond motifs is 1. The number of sulfonamides is 1. The van der Waals surface area contributed by atoms with Crippen LogP contribution in [0.25, 0.3) is 0 Å². The number of nitrogens with zero attached hydrogens (tertiary/aromatic N) is 2. The van der Waals surface area contributed by atoms with Crippen LogP contribution in [0.15, 0.2) is 11.2 Å². The number of hydrogen-bond donors (Lipinski definition) is 2. The maximum atomic E-state index is 12.7. The zero-order chi connectivity index (χ0) is 15.3. The molecule has 0 spiro atoms. The summed E-state index contributed by atoms with van der Waals surface area (Å²) in [4.78, 5) is 15.8. The Morgan fingerprint density at radius 3 is 2.86 bits per heavy atom. The number of aromatic nitrogens is 2. The lowest BCUT2D eigenvalue weighted by Gasteiger charge is -2.32. The molecule has 4 rings (SSSR count). The highest BCUT2D eigenvalue weighted by molar-refractivity contribution is 7.89. The summed E-state index contributed by atoms with van der Waals surface area (Å²) in [6, 6.07) is -0.292. The SMILES string of the molecule is O=C1CC[C@@H](NS(=O)(=O)c2cnc3n2CCC3)[C@H](C2CC2)N1. The largest absolute Gasteiger partial charge is 0.351 e. The molecule has 7 nitrogen and oxygen atoms in total. The average molecular weight is 324 g/mol. The first-order valence-corrected chi connectivity index (χ1v) is 9.39. The highest BCUT2D eigenvalue weighted by Crippen LogP contribution is 2.36. The third-order valence-corrected chi connectivity index (χ3v) is 6.33. The Balaban J connectivity index is 1.57. The second kappa shape index (κ2) is 5.06. The Labute approximate surface area is 129 Å². The van der Waals surface area contributed by atoms with Gasteiger partial charge in [-0.2, -0.15) is 0 Å². The van der Waals surface area contributed by atoms with Crippen LogP contribution in [0, 0.1) is 5.92 Å². The zero-order valence-corrected chi connectivity index (χ0v) is 13.1. The van der Waals surface area contributed by atoms with Crippen molar-refractivity contribution in [1.82, 2.24) is 19.6 Å². The Hall–Kier alpha value is -1.41. The lowest BCUT2D eigenvalue weighted by molar-refractivity contribution is -0.123. The van der Waals surface area contributed by atoms with Gasteiger partial charge in [0.2, 0.25) is 5.91 Å². The van der Waals surface area contributed by atoms with Crippen LogP contribution >= 0.6 is 0 Å². The number of carbonyl (C=O) groups excluding carboxylic acids is 1. The van der Waals surface area contributed by atoms with Crippen molar-refractivity contribution >= 4 is 15.9 Å². The molecule has 1 saturated heterocycles. The van der Waals surface area contributed by atoms with Gasteiger partial charge in [0, 0.05) is 31.5 Å². The van der Waals surface area contributed by atoms with Gasteiger partial charge in [0.15, 0.2) is 5.03 Å². The van der Waals surface area contributed by atoms with Crippen molar-refractivity contribution in [2.75, 3.05) is 0 Å². The van der Waals surface area contributed by atoms with Crippen LogP contribution in [0.2, 0.25) is 0 Å². The van der Waals surface area contributed by atoms with Gasteiger partial charge in [0.25, 0.3) is 10.0 Å². The second-order valence-corrected chi connectivity index (χ2v) is 8.13. The van der Waals surface area contributed by atoms with Gasteiger partial charge in [0.1, 0.15) is 5.82 Å². The average Bonchev–Trinajstić information content (AvgIpc) is 3.05.